The first kappa shape index (κ1) is 28.8. The lowest BCUT2D eigenvalue weighted by Crippen LogP contribution is -2.43. The second-order valence-electron chi connectivity index (χ2n) is 11.8. The molecule has 0 saturated carbocycles. The fraction of sp³-hybridized carbons (Fsp3) is 0.412. The summed E-state index contributed by atoms with van der Waals surface area (Å²) in [7, 11) is 3.86. The fourth-order valence-corrected chi connectivity index (χ4v) is 5.97. The van der Waals surface area contributed by atoms with Crippen LogP contribution in [0.25, 0.3) is 16.7 Å². The zero-order chi connectivity index (χ0) is 29.3. The fourth-order valence-electron chi connectivity index (χ4n) is 5.97. The summed E-state index contributed by atoms with van der Waals surface area (Å²) in [6.45, 7) is 15.9. The predicted molar refractivity (Wildman–Crippen MR) is 166 cm³/mol. The van der Waals surface area contributed by atoms with Crippen LogP contribution in [0.4, 0.5) is 0 Å². The number of nitrogens with zero attached hydrogens (tertiary/aromatic N) is 5. The van der Waals surface area contributed by atoms with Gasteiger partial charge in [-0.15, -0.1) is 0 Å². The number of benzene rings is 3. The summed E-state index contributed by atoms with van der Waals surface area (Å²) in [6, 6.07) is 18.8. The molecular weight excluding hydrogens is 510 g/mol. The van der Waals surface area contributed by atoms with Gasteiger partial charge in [0.2, 0.25) is 0 Å². The Labute approximate surface area is 244 Å². The molecule has 0 bridgehead atoms. The summed E-state index contributed by atoms with van der Waals surface area (Å²) in [5, 5.41) is 0. The van der Waals surface area contributed by atoms with Crippen LogP contribution in [0.15, 0.2) is 54.6 Å². The van der Waals surface area contributed by atoms with E-state index in [1.165, 1.54) is 11.1 Å². The van der Waals surface area contributed by atoms with E-state index in [1.807, 2.05) is 30.9 Å². The first-order valence-corrected chi connectivity index (χ1v) is 14.6. The van der Waals surface area contributed by atoms with Crippen LogP contribution in [0.1, 0.15) is 52.3 Å². The highest BCUT2D eigenvalue weighted by atomic mass is 16.5. The van der Waals surface area contributed by atoms with E-state index in [1.54, 1.807) is 7.11 Å². The summed E-state index contributed by atoms with van der Waals surface area (Å²) < 4.78 is 7.61. The standard InChI is InChI=1S/C34H43N5O2/c1-23(2)38(34(40)33-25(4)18-24(3)19-26(33)5)22-32-35-30-20-27(21-37-16-14-36(6)15-17-37)8-13-31(30)39(32)28-9-11-29(41-7)12-10-28/h8-13,18-20,23H,14-17,21-22H2,1-7H3. The molecule has 7 heteroatoms. The number of aromatic nitrogens is 2. The number of aryl methyl sites for hydroxylation is 3. The van der Waals surface area contributed by atoms with Crippen LogP contribution in [0.2, 0.25) is 0 Å². The lowest BCUT2D eigenvalue weighted by atomic mass is 9.98. The minimum absolute atomic E-state index is 0.000438. The van der Waals surface area contributed by atoms with Crippen LogP contribution in [-0.2, 0) is 13.1 Å². The third kappa shape index (κ3) is 6.16. The molecule has 41 heavy (non-hydrogen) atoms. The number of hydrogen-bond acceptors (Lipinski definition) is 5. The molecule has 1 aromatic heterocycles. The molecule has 2 heterocycles. The Bertz CT molecular complexity index is 1510. The van der Waals surface area contributed by atoms with Crippen LogP contribution in [0, 0.1) is 20.8 Å². The average Bonchev–Trinajstić information content (AvgIpc) is 3.29. The van der Waals surface area contributed by atoms with E-state index < -0.39 is 0 Å². The third-order valence-electron chi connectivity index (χ3n) is 8.21. The Morgan fingerprint density at radius 1 is 0.951 bits per heavy atom. The van der Waals surface area contributed by atoms with Gasteiger partial charge in [0.25, 0.3) is 5.91 Å². The van der Waals surface area contributed by atoms with Gasteiger partial charge in [-0.1, -0.05) is 23.8 Å². The second-order valence-corrected chi connectivity index (χ2v) is 11.8. The molecule has 0 aliphatic carbocycles. The molecule has 1 aliphatic rings. The number of imidazole rings is 1. The van der Waals surface area contributed by atoms with Crippen LogP contribution in [0.5, 0.6) is 5.75 Å². The minimum Gasteiger partial charge on any atom is -0.497 e. The lowest BCUT2D eigenvalue weighted by molar-refractivity contribution is 0.0683. The van der Waals surface area contributed by atoms with Crippen LogP contribution in [-0.4, -0.2) is 76.5 Å². The molecule has 0 N–H and O–H groups in total. The van der Waals surface area contributed by atoms with Crippen LogP contribution >= 0.6 is 0 Å². The van der Waals surface area contributed by atoms with Crippen molar-refractivity contribution in [1.29, 1.82) is 0 Å². The highest BCUT2D eigenvalue weighted by Crippen LogP contribution is 2.28. The number of piperazine rings is 1. The number of carbonyl (C=O) groups is 1. The molecule has 0 radical (unpaired) electrons. The van der Waals surface area contributed by atoms with Crippen molar-refractivity contribution in [1.82, 2.24) is 24.3 Å². The van der Waals surface area contributed by atoms with Crippen molar-refractivity contribution in [3.63, 3.8) is 0 Å². The molecule has 7 nitrogen and oxygen atoms in total. The molecule has 3 aromatic carbocycles. The summed E-state index contributed by atoms with van der Waals surface area (Å²) in [5.41, 5.74) is 8.20. The van der Waals surface area contributed by atoms with Crippen molar-refractivity contribution < 1.29 is 9.53 Å². The third-order valence-corrected chi connectivity index (χ3v) is 8.21. The van der Waals surface area contributed by atoms with Gasteiger partial charge in [0.1, 0.15) is 11.6 Å². The number of methoxy groups -OCH3 is 1. The van der Waals surface area contributed by atoms with Crippen molar-refractivity contribution >= 4 is 16.9 Å². The van der Waals surface area contributed by atoms with E-state index in [4.69, 9.17) is 9.72 Å². The number of fused-ring (bicyclic) bond motifs is 1. The number of rotatable bonds is 8. The van der Waals surface area contributed by atoms with Crippen LogP contribution < -0.4 is 4.74 Å². The first-order valence-electron chi connectivity index (χ1n) is 14.6. The molecule has 4 aromatic rings. The minimum atomic E-state index is -0.000438. The largest absolute Gasteiger partial charge is 0.497 e. The van der Waals surface area contributed by atoms with E-state index in [0.717, 1.165) is 77.7 Å². The quantitative estimate of drug-likeness (QED) is 0.278. The molecule has 1 aliphatic heterocycles. The van der Waals surface area contributed by atoms with Gasteiger partial charge in [-0.3, -0.25) is 14.3 Å². The maximum Gasteiger partial charge on any atom is 0.255 e. The molecule has 1 amide bonds. The van der Waals surface area contributed by atoms with Gasteiger partial charge in [0.05, 0.1) is 24.7 Å². The first-order chi connectivity index (χ1) is 19.6. The Morgan fingerprint density at radius 2 is 1.61 bits per heavy atom. The molecular formula is C34H43N5O2. The van der Waals surface area contributed by atoms with Crippen LogP contribution in [0.3, 0.4) is 0 Å². The van der Waals surface area contributed by atoms with Gasteiger partial charge >= 0.3 is 0 Å². The van der Waals surface area contributed by atoms with Crippen molar-refractivity contribution in [3.05, 3.63) is 88.2 Å². The highest BCUT2D eigenvalue weighted by Gasteiger charge is 2.26. The van der Waals surface area contributed by atoms with Gasteiger partial charge in [0, 0.05) is 50.0 Å². The van der Waals surface area contributed by atoms with Gasteiger partial charge in [-0.25, -0.2) is 4.98 Å². The number of carbonyl (C=O) groups excluding carboxylic acids is 1. The van der Waals surface area contributed by atoms with Gasteiger partial charge in [-0.2, -0.15) is 0 Å². The van der Waals surface area contributed by atoms with E-state index in [9.17, 15) is 4.79 Å². The second kappa shape index (κ2) is 12.0. The summed E-state index contributed by atoms with van der Waals surface area (Å²) in [4.78, 5) is 26.0. The Morgan fingerprint density at radius 3 is 2.22 bits per heavy atom. The Kier molecular flexibility index (Phi) is 8.47. The maximum absolute atomic E-state index is 14.1. The molecule has 1 fully saturated rings. The topological polar surface area (TPSA) is 53.8 Å². The van der Waals surface area contributed by atoms with E-state index in [0.29, 0.717) is 6.54 Å². The zero-order valence-corrected chi connectivity index (χ0v) is 25.6. The van der Waals surface area contributed by atoms with Gasteiger partial charge in [0.15, 0.2) is 0 Å². The zero-order valence-electron chi connectivity index (χ0n) is 25.6. The number of ether oxygens (including phenoxy) is 1. The smallest absolute Gasteiger partial charge is 0.255 e. The van der Waals surface area contributed by atoms with Crippen molar-refractivity contribution in [2.75, 3.05) is 40.3 Å². The maximum atomic E-state index is 14.1. The summed E-state index contributed by atoms with van der Waals surface area (Å²) in [6.07, 6.45) is 0. The van der Waals surface area contributed by atoms with Crippen molar-refractivity contribution in [3.8, 4) is 11.4 Å². The lowest BCUT2D eigenvalue weighted by Gasteiger charge is -2.32. The van der Waals surface area contributed by atoms with E-state index in [2.05, 4.69) is 84.7 Å². The molecule has 0 spiro atoms. The molecule has 1 saturated heterocycles. The Hall–Kier alpha value is -3.68. The van der Waals surface area contributed by atoms with Crippen molar-refractivity contribution in [2.24, 2.45) is 0 Å². The number of likely N-dealkylation sites (N-methyl/N-ethyl adjacent to an activating group) is 1. The summed E-state index contributed by atoms with van der Waals surface area (Å²) >= 11 is 0. The normalized spacial score (nSPS) is 14.6. The highest BCUT2D eigenvalue weighted by molar-refractivity contribution is 5.97. The number of amides is 1. The predicted octanol–water partition coefficient (Wildman–Crippen LogP) is 5.76. The molecule has 0 atom stereocenters. The molecule has 5 rings (SSSR count). The number of hydrogen-bond donors (Lipinski definition) is 0. The molecule has 0 unspecified atom stereocenters. The SMILES string of the molecule is COc1ccc(-n2c(CN(C(=O)c3c(C)cc(C)cc3C)C(C)C)nc3cc(CN4CCN(C)CC4)ccc32)cc1. The monoisotopic (exact) mass is 553 g/mol. The van der Waals surface area contributed by atoms with Crippen molar-refractivity contribution in [2.45, 2.75) is 53.8 Å². The van der Waals surface area contributed by atoms with E-state index >= 15 is 0 Å². The Balaban J connectivity index is 1.54. The van der Waals surface area contributed by atoms with Gasteiger partial charge in [-0.05, 0) is 94.8 Å². The summed E-state index contributed by atoms with van der Waals surface area (Å²) in [5.74, 6) is 1.68. The molecule has 216 valence electrons. The average molecular weight is 554 g/mol. The van der Waals surface area contributed by atoms with E-state index in [-0.39, 0.29) is 11.9 Å². The van der Waals surface area contributed by atoms with Gasteiger partial charge < -0.3 is 14.5 Å².